The van der Waals surface area contributed by atoms with Crippen LogP contribution < -0.4 is 9.64 Å². The van der Waals surface area contributed by atoms with Crippen molar-refractivity contribution in [3.63, 3.8) is 0 Å². The highest BCUT2D eigenvalue weighted by molar-refractivity contribution is 5.91. The van der Waals surface area contributed by atoms with Crippen molar-refractivity contribution in [1.82, 2.24) is 4.90 Å². The fraction of sp³-hybridized carbons (Fsp3) is 0.652. The van der Waals surface area contributed by atoms with Crippen molar-refractivity contribution in [3.05, 3.63) is 23.5 Å². The molecular formula is C23H33FN2O5. The molecule has 3 rings (SSSR count). The molecule has 2 heterocycles. The van der Waals surface area contributed by atoms with Crippen LogP contribution in [0.15, 0.2) is 12.1 Å². The highest BCUT2D eigenvalue weighted by Gasteiger charge is 2.33. The summed E-state index contributed by atoms with van der Waals surface area (Å²) in [6, 6.07) is 2.91. The van der Waals surface area contributed by atoms with Crippen molar-refractivity contribution in [1.29, 1.82) is 0 Å². The number of benzene rings is 1. The van der Waals surface area contributed by atoms with Gasteiger partial charge in [0.1, 0.15) is 5.60 Å². The van der Waals surface area contributed by atoms with Crippen molar-refractivity contribution < 1.29 is 28.2 Å². The Morgan fingerprint density at radius 1 is 1.19 bits per heavy atom. The van der Waals surface area contributed by atoms with Gasteiger partial charge in [-0.05, 0) is 65.0 Å². The zero-order valence-electron chi connectivity index (χ0n) is 19.1. The van der Waals surface area contributed by atoms with Crippen molar-refractivity contribution in [2.24, 2.45) is 5.92 Å². The number of nitrogens with zero attached hydrogens (tertiary/aromatic N) is 2. The number of esters is 1. The molecule has 1 amide bonds. The fourth-order valence-corrected chi connectivity index (χ4v) is 4.27. The highest BCUT2D eigenvalue weighted by atomic mass is 19.1. The lowest BCUT2D eigenvalue weighted by Crippen LogP contribution is -2.47. The lowest BCUT2D eigenvalue weighted by molar-refractivity contribution is 0.0175. The molecule has 1 fully saturated rings. The Labute approximate surface area is 183 Å². The third-order valence-corrected chi connectivity index (χ3v) is 5.91. The van der Waals surface area contributed by atoms with Crippen LogP contribution in [-0.2, 0) is 9.47 Å². The number of hydrogen-bond donors (Lipinski definition) is 0. The Hall–Kier alpha value is -2.51. The van der Waals surface area contributed by atoms with Gasteiger partial charge in [0.15, 0.2) is 11.6 Å². The number of carbonyl (C=O) groups excluding carboxylic acids is 2. The molecule has 1 unspecified atom stereocenters. The number of ether oxygens (including phenoxy) is 3. The van der Waals surface area contributed by atoms with Crippen molar-refractivity contribution >= 4 is 17.7 Å². The summed E-state index contributed by atoms with van der Waals surface area (Å²) in [5.41, 5.74) is 0.236. The summed E-state index contributed by atoms with van der Waals surface area (Å²) in [4.78, 5) is 28.3. The lowest BCUT2D eigenvalue weighted by atomic mass is 9.89. The van der Waals surface area contributed by atoms with E-state index in [2.05, 4.69) is 11.8 Å². The van der Waals surface area contributed by atoms with Gasteiger partial charge < -0.3 is 24.0 Å². The average Bonchev–Trinajstić information content (AvgIpc) is 2.94. The molecule has 31 heavy (non-hydrogen) atoms. The minimum atomic E-state index is -0.579. The summed E-state index contributed by atoms with van der Waals surface area (Å²) < 4.78 is 30.7. The molecule has 172 valence electrons. The zero-order chi connectivity index (χ0) is 22.8. The van der Waals surface area contributed by atoms with E-state index >= 15 is 0 Å². The molecule has 0 radical (unpaired) electrons. The van der Waals surface area contributed by atoms with E-state index in [1.165, 1.54) is 7.11 Å². The van der Waals surface area contributed by atoms with Gasteiger partial charge >= 0.3 is 12.1 Å². The number of halogens is 1. The van der Waals surface area contributed by atoms with Gasteiger partial charge in [0.05, 0.1) is 25.0 Å². The van der Waals surface area contributed by atoms with Crippen LogP contribution in [0.4, 0.5) is 14.9 Å². The number of fused-ring (bicyclic) bond motifs is 1. The summed E-state index contributed by atoms with van der Waals surface area (Å²) in [6.07, 6.45) is 2.12. The van der Waals surface area contributed by atoms with Gasteiger partial charge in [-0.15, -0.1) is 0 Å². The van der Waals surface area contributed by atoms with Gasteiger partial charge in [-0.3, -0.25) is 0 Å². The summed E-state index contributed by atoms with van der Waals surface area (Å²) in [5.74, 6) is -0.640. The molecule has 1 atom stereocenters. The van der Waals surface area contributed by atoms with E-state index in [4.69, 9.17) is 14.2 Å². The minimum absolute atomic E-state index is 0.0912. The van der Waals surface area contributed by atoms with Crippen LogP contribution in [0.2, 0.25) is 0 Å². The first kappa shape index (κ1) is 23.2. The number of amides is 1. The quantitative estimate of drug-likeness (QED) is 0.661. The maximum atomic E-state index is 14.7. The first-order chi connectivity index (χ1) is 14.6. The Morgan fingerprint density at radius 3 is 2.48 bits per heavy atom. The maximum Gasteiger partial charge on any atom is 0.410 e. The summed E-state index contributed by atoms with van der Waals surface area (Å²) in [6.45, 7) is 10.1. The minimum Gasteiger partial charge on any atom is -0.488 e. The predicted octanol–water partition coefficient (Wildman–Crippen LogP) is 4.24. The molecule has 0 bridgehead atoms. The number of anilines is 1. The Morgan fingerprint density at radius 2 is 1.87 bits per heavy atom. The van der Waals surface area contributed by atoms with Crippen LogP contribution in [0.5, 0.6) is 5.75 Å². The second-order valence-electron chi connectivity index (χ2n) is 9.24. The van der Waals surface area contributed by atoms with Gasteiger partial charge in [0.2, 0.25) is 0 Å². The number of hydrogen-bond acceptors (Lipinski definition) is 6. The largest absolute Gasteiger partial charge is 0.488 e. The standard InChI is InChI=1S/C23H33FN2O5/c1-15(16-7-10-25(11-8-16)22(28)31-23(2,3)4)26-9-6-12-30-20-18(24)13-17(14-19(20)26)21(27)29-5/h13-16H,6-12H2,1-5H3. The molecule has 2 aliphatic rings. The number of rotatable bonds is 3. The molecule has 0 aliphatic carbocycles. The number of methoxy groups -OCH3 is 1. The third-order valence-electron chi connectivity index (χ3n) is 5.91. The van der Waals surface area contributed by atoms with Gasteiger partial charge in [-0.25, -0.2) is 14.0 Å². The Kier molecular flexibility index (Phi) is 6.96. The van der Waals surface area contributed by atoms with E-state index < -0.39 is 17.4 Å². The zero-order valence-corrected chi connectivity index (χ0v) is 19.1. The average molecular weight is 437 g/mol. The normalized spacial score (nSPS) is 18.5. The van der Waals surface area contributed by atoms with Gasteiger partial charge in [-0.2, -0.15) is 0 Å². The first-order valence-electron chi connectivity index (χ1n) is 10.9. The second kappa shape index (κ2) is 9.32. The van der Waals surface area contributed by atoms with Crippen LogP contribution in [0, 0.1) is 11.7 Å². The molecule has 1 saturated heterocycles. The SMILES string of the molecule is COC(=O)c1cc(F)c2c(c1)N(C(C)C1CCN(C(=O)OC(C)(C)C)CC1)CCCO2. The molecular weight excluding hydrogens is 403 g/mol. The van der Waals surface area contributed by atoms with Crippen molar-refractivity contribution in [2.45, 2.75) is 58.6 Å². The van der Waals surface area contributed by atoms with E-state index in [-0.39, 0.29) is 23.4 Å². The van der Waals surface area contributed by atoms with Crippen LogP contribution in [0.25, 0.3) is 0 Å². The molecule has 2 aliphatic heterocycles. The molecule has 0 saturated carbocycles. The predicted molar refractivity (Wildman–Crippen MR) is 115 cm³/mol. The highest BCUT2D eigenvalue weighted by Crippen LogP contribution is 2.38. The van der Waals surface area contributed by atoms with Crippen LogP contribution in [-0.4, -0.2) is 62.0 Å². The smallest absolute Gasteiger partial charge is 0.410 e. The van der Waals surface area contributed by atoms with Crippen molar-refractivity contribution in [2.75, 3.05) is 38.3 Å². The van der Waals surface area contributed by atoms with E-state index in [1.54, 1.807) is 11.0 Å². The van der Waals surface area contributed by atoms with Crippen LogP contribution in [0.1, 0.15) is 57.3 Å². The van der Waals surface area contributed by atoms with E-state index in [9.17, 15) is 14.0 Å². The molecule has 0 spiro atoms. The van der Waals surface area contributed by atoms with Gasteiger partial charge in [0, 0.05) is 25.7 Å². The van der Waals surface area contributed by atoms with E-state index in [1.807, 2.05) is 20.8 Å². The number of likely N-dealkylation sites (tertiary alicyclic amines) is 1. The topological polar surface area (TPSA) is 68.3 Å². The van der Waals surface area contributed by atoms with Crippen molar-refractivity contribution in [3.8, 4) is 5.75 Å². The van der Waals surface area contributed by atoms with Gasteiger partial charge in [0.25, 0.3) is 0 Å². The number of carbonyl (C=O) groups is 2. The summed E-state index contributed by atoms with van der Waals surface area (Å²) in [5, 5.41) is 0. The maximum absolute atomic E-state index is 14.7. The molecule has 0 aromatic heterocycles. The van der Waals surface area contributed by atoms with Crippen LogP contribution >= 0.6 is 0 Å². The van der Waals surface area contributed by atoms with E-state index in [0.29, 0.717) is 37.8 Å². The molecule has 1 aromatic rings. The second-order valence-corrected chi connectivity index (χ2v) is 9.24. The molecule has 1 aromatic carbocycles. The van der Waals surface area contributed by atoms with Gasteiger partial charge in [-0.1, -0.05) is 0 Å². The Balaban J connectivity index is 1.76. The Bertz CT molecular complexity index is 815. The molecule has 7 nitrogen and oxygen atoms in total. The summed E-state index contributed by atoms with van der Waals surface area (Å²) in [7, 11) is 1.28. The monoisotopic (exact) mass is 436 g/mol. The van der Waals surface area contributed by atoms with E-state index in [0.717, 1.165) is 25.3 Å². The molecule has 8 heteroatoms. The lowest BCUT2D eigenvalue weighted by Gasteiger charge is -2.40. The summed E-state index contributed by atoms with van der Waals surface area (Å²) >= 11 is 0. The molecule has 0 N–H and O–H groups in total. The van der Waals surface area contributed by atoms with Crippen LogP contribution in [0.3, 0.4) is 0 Å². The third kappa shape index (κ3) is 5.40. The fourth-order valence-electron chi connectivity index (χ4n) is 4.27. The first-order valence-corrected chi connectivity index (χ1v) is 10.9. The number of piperidine rings is 1.